The van der Waals surface area contributed by atoms with Crippen molar-refractivity contribution in [1.82, 2.24) is 9.55 Å². The van der Waals surface area contributed by atoms with Gasteiger partial charge in [-0.25, -0.2) is 4.98 Å². The van der Waals surface area contributed by atoms with Crippen LogP contribution in [0.5, 0.6) is 0 Å². The van der Waals surface area contributed by atoms with Crippen LogP contribution in [-0.2, 0) is 13.0 Å². The average molecular weight is 383 g/mol. The lowest BCUT2D eigenvalue weighted by atomic mass is 9.96. The van der Waals surface area contributed by atoms with Gasteiger partial charge < -0.3 is 4.57 Å². The summed E-state index contributed by atoms with van der Waals surface area (Å²) >= 11 is 0. The highest BCUT2D eigenvalue weighted by Crippen LogP contribution is 2.28. The number of aromatic nitrogens is 2. The Balaban J connectivity index is 1.72. The minimum atomic E-state index is 0.236. The second kappa shape index (κ2) is 8.24. The molecular formula is C27H30N2. The Morgan fingerprint density at radius 2 is 1.59 bits per heavy atom. The Hall–Kier alpha value is -2.87. The predicted molar refractivity (Wildman–Crippen MR) is 123 cm³/mol. The van der Waals surface area contributed by atoms with Crippen LogP contribution in [0.25, 0.3) is 11.0 Å². The summed E-state index contributed by atoms with van der Waals surface area (Å²) in [5.74, 6) is 2.04. The van der Waals surface area contributed by atoms with E-state index in [1.807, 2.05) is 0 Å². The molecule has 0 saturated heterocycles. The van der Waals surface area contributed by atoms with Crippen molar-refractivity contribution >= 4 is 11.0 Å². The number of fused-ring (bicyclic) bond motifs is 1. The highest BCUT2D eigenvalue weighted by atomic mass is 15.1. The van der Waals surface area contributed by atoms with Crippen molar-refractivity contribution < 1.29 is 0 Å². The van der Waals surface area contributed by atoms with Crippen molar-refractivity contribution in [1.29, 1.82) is 0 Å². The van der Waals surface area contributed by atoms with E-state index in [1.54, 1.807) is 0 Å². The number of hydrogen-bond donors (Lipinski definition) is 0. The van der Waals surface area contributed by atoms with Crippen molar-refractivity contribution in [3.63, 3.8) is 0 Å². The first kappa shape index (κ1) is 19.4. The first-order chi connectivity index (χ1) is 14.0. The van der Waals surface area contributed by atoms with Crippen molar-refractivity contribution in [2.24, 2.45) is 5.92 Å². The summed E-state index contributed by atoms with van der Waals surface area (Å²) in [7, 11) is 0. The Morgan fingerprint density at radius 1 is 0.828 bits per heavy atom. The van der Waals surface area contributed by atoms with Gasteiger partial charge >= 0.3 is 0 Å². The van der Waals surface area contributed by atoms with Crippen LogP contribution in [-0.4, -0.2) is 9.55 Å². The standard InChI is InChI=1S/C27H30N2/c1-19(2)16-22-12-14-24(15-13-22)21(4)27-28-25-10-5-6-11-26(25)29(27)18-23-9-7-8-20(3)17-23/h5-15,17,19,21H,16,18H2,1-4H3. The summed E-state index contributed by atoms with van der Waals surface area (Å²) in [4.78, 5) is 5.04. The van der Waals surface area contributed by atoms with E-state index >= 15 is 0 Å². The molecule has 1 unspecified atom stereocenters. The predicted octanol–water partition coefficient (Wildman–Crippen LogP) is 6.74. The maximum atomic E-state index is 5.04. The molecule has 4 aromatic rings. The zero-order valence-corrected chi connectivity index (χ0v) is 17.9. The molecule has 0 spiro atoms. The van der Waals surface area contributed by atoms with Crippen LogP contribution in [0.1, 0.15) is 54.8 Å². The van der Waals surface area contributed by atoms with Crippen LogP contribution in [0.2, 0.25) is 0 Å². The molecule has 29 heavy (non-hydrogen) atoms. The normalized spacial score (nSPS) is 12.6. The van der Waals surface area contributed by atoms with Gasteiger partial charge in [-0.1, -0.05) is 87.0 Å². The van der Waals surface area contributed by atoms with Crippen molar-refractivity contribution in [2.75, 3.05) is 0 Å². The van der Waals surface area contributed by atoms with E-state index < -0.39 is 0 Å². The monoisotopic (exact) mass is 382 g/mol. The lowest BCUT2D eigenvalue weighted by Crippen LogP contribution is -2.09. The third kappa shape index (κ3) is 4.27. The molecule has 1 atom stereocenters. The van der Waals surface area contributed by atoms with Gasteiger partial charge in [0.2, 0.25) is 0 Å². The van der Waals surface area contributed by atoms with Gasteiger partial charge in [-0.2, -0.15) is 0 Å². The van der Waals surface area contributed by atoms with Crippen molar-refractivity contribution in [2.45, 2.75) is 46.6 Å². The van der Waals surface area contributed by atoms with Crippen molar-refractivity contribution in [3.05, 3.63) is 101 Å². The zero-order valence-electron chi connectivity index (χ0n) is 17.9. The Labute approximate surface area is 174 Å². The summed E-state index contributed by atoms with van der Waals surface area (Å²) < 4.78 is 2.39. The molecule has 0 amide bonds. The van der Waals surface area contributed by atoms with Gasteiger partial charge in [-0.05, 0) is 48.1 Å². The van der Waals surface area contributed by atoms with Crippen LogP contribution in [0.4, 0.5) is 0 Å². The van der Waals surface area contributed by atoms with Crippen LogP contribution in [0.3, 0.4) is 0 Å². The summed E-state index contributed by atoms with van der Waals surface area (Å²) in [6.07, 6.45) is 1.13. The molecule has 0 saturated carbocycles. The fraction of sp³-hybridized carbons (Fsp3) is 0.296. The summed E-state index contributed by atoms with van der Waals surface area (Å²) in [6.45, 7) is 9.80. The minimum absolute atomic E-state index is 0.236. The van der Waals surface area contributed by atoms with Gasteiger partial charge in [0.15, 0.2) is 0 Å². The Bertz CT molecular complexity index is 1100. The van der Waals surface area contributed by atoms with E-state index in [4.69, 9.17) is 4.98 Å². The molecular weight excluding hydrogens is 352 g/mol. The summed E-state index contributed by atoms with van der Waals surface area (Å²) in [5, 5.41) is 0. The molecule has 0 fully saturated rings. The van der Waals surface area contributed by atoms with Crippen LogP contribution in [0.15, 0.2) is 72.8 Å². The highest BCUT2D eigenvalue weighted by Gasteiger charge is 2.18. The molecule has 0 N–H and O–H groups in total. The summed E-state index contributed by atoms with van der Waals surface area (Å²) in [5.41, 5.74) is 7.60. The molecule has 0 bridgehead atoms. The molecule has 0 aliphatic carbocycles. The summed E-state index contributed by atoms with van der Waals surface area (Å²) in [6, 6.07) is 26.3. The molecule has 2 heteroatoms. The maximum absolute atomic E-state index is 5.04. The van der Waals surface area contributed by atoms with E-state index in [2.05, 4.69) is 105 Å². The first-order valence-electron chi connectivity index (χ1n) is 10.6. The molecule has 2 nitrogen and oxygen atoms in total. The average Bonchev–Trinajstić information content (AvgIpc) is 3.06. The molecule has 0 radical (unpaired) electrons. The molecule has 0 aliphatic rings. The molecule has 4 rings (SSSR count). The molecule has 1 aromatic heterocycles. The van der Waals surface area contributed by atoms with Gasteiger partial charge in [0.05, 0.1) is 11.0 Å². The fourth-order valence-electron chi connectivity index (χ4n) is 4.15. The van der Waals surface area contributed by atoms with Gasteiger partial charge in [-0.3, -0.25) is 0 Å². The number of nitrogens with zero attached hydrogens (tertiary/aromatic N) is 2. The number of imidazole rings is 1. The van der Waals surface area contributed by atoms with Gasteiger partial charge in [0.25, 0.3) is 0 Å². The quantitative estimate of drug-likeness (QED) is 0.361. The second-order valence-electron chi connectivity index (χ2n) is 8.60. The smallest absolute Gasteiger partial charge is 0.117 e. The molecule has 148 valence electrons. The number of rotatable bonds is 6. The maximum Gasteiger partial charge on any atom is 0.117 e. The first-order valence-corrected chi connectivity index (χ1v) is 10.6. The van der Waals surface area contributed by atoms with Gasteiger partial charge in [-0.15, -0.1) is 0 Å². The third-order valence-corrected chi connectivity index (χ3v) is 5.62. The Kier molecular flexibility index (Phi) is 5.53. The van der Waals surface area contributed by atoms with E-state index in [9.17, 15) is 0 Å². The third-order valence-electron chi connectivity index (χ3n) is 5.62. The van der Waals surface area contributed by atoms with Crippen LogP contribution in [0, 0.1) is 12.8 Å². The van der Waals surface area contributed by atoms with Crippen LogP contribution < -0.4 is 0 Å². The lowest BCUT2D eigenvalue weighted by Gasteiger charge is -2.16. The number of benzene rings is 3. The lowest BCUT2D eigenvalue weighted by molar-refractivity contribution is 0.646. The van der Waals surface area contributed by atoms with Crippen molar-refractivity contribution in [3.8, 4) is 0 Å². The molecule has 3 aromatic carbocycles. The van der Waals surface area contributed by atoms with Crippen LogP contribution >= 0.6 is 0 Å². The number of hydrogen-bond acceptors (Lipinski definition) is 1. The number of para-hydroxylation sites is 2. The van der Waals surface area contributed by atoms with E-state index in [1.165, 1.54) is 27.8 Å². The van der Waals surface area contributed by atoms with Gasteiger partial charge in [0, 0.05) is 12.5 Å². The molecule has 0 aliphatic heterocycles. The van der Waals surface area contributed by atoms with E-state index in [0.717, 1.165) is 24.3 Å². The fourth-order valence-corrected chi connectivity index (χ4v) is 4.15. The zero-order chi connectivity index (χ0) is 20.4. The number of aryl methyl sites for hydroxylation is 1. The van der Waals surface area contributed by atoms with E-state index in [-0.39, 0.29) is 5.92 Å². The topological polar surface area (TPSA) is 17.8 Å². The van der Waals surface area contributed by atoms with E-state index in [0.29, 0.717) is 5.92 Å². The molecule has 1 heterocycles. The second-order valence-corrected chi connectivity index (χ2v) is 8.60. The van der Waals surface area contributed by atoms with Gasteiger partial charge in [0.1, 0.15) is 5.82 Å². The minimum Gasteiger partial charge on any atom is -0.323 e. The largest absolute Gasteiger partial charge is 0.323 e. The highest BCUT2D eigenvalue weighted by molar-refractivity contribution is 5.76. The Morgan fingerprint density at radius 3 is 2.31 bits per heavy atom. The SMILES string of the molecule is Cc1cccc(Cn2c(C(C)c3ccc(CC(C)C)cc3)nc3ccccc32)c1.